The van der Waals surface area contributed by atoms with E-state index in [0.29, 0.717) is 24.0 Å². The summed E-state index contributed by atoms with van der Waals surface area (Å²) in [5.74, 6) is 0.174. The van der Waals surface area contributed by atoms with E-state index in [4.69, 9.17) is 5.73 Å². The minimum Gasteiger partial charge on any atom is -0.508 e. The average molecular weight is 305 g/mol. The van der Waals surface area contributed by atoms with E-state index in [1.807, 2.05) is 60.7 Å². The molecule has 3 heteroatoms. The molecule has 3 nitrogen and oxygen atoms in total. The first-order chi connectivity index (χ1) is 11.1. The quantitative estimate of drug-likeness (QED) is 0.389. The van der Waals surface area contributed by atoms with Gasteiger partial charge < -0.3 is 15.9 Å². The van der Waals surface area contributed by atoms with Gasteiger partial charge in [-0.25, -0.2) is 0 Å². The molecule has 3 aromatic carbocycles. The van der Waals surface area contributed by atoms with Crippen molar-refractivity contribution in [1.29, 1.82) is 0 Å². The van der Waals surface area contributed by atoms with Gasteiger partial charge in [0.05, 0.1) is 5.69 Å². The van der Waals surface area contributed by atoms with Gasteiger partial charge in [0, 0.05) is 24.0 Å². The fourth-order valence-corrected chi connectivity index (χ4v) is 2.71. The molecule has 0 bridgehead atoms. The van der Waals surface area contributed by atoms with Gasteiger partial charge >= 0.3 is 0 Å². The normalized spacial score (nSPS) is 10.6. The third-order valence-electron chi connectivity index (χ3n) is 3.97. The van der Waals surface area contributed by atoms with E-state index >= 15 is 0 Å². The van der Waals surface area contributed by atoms with Crippen LogP contribution in [0.2, 0.25) is 0 Å². The SMILES string of the molecule is Nc1c(O)c(Cc2ccccc2)cc(O)c1Cc1ccccc1. The van der Waals surface area contributed by atoms with Crippen LogP contribution in [-0.2, 0) is 12.8 Å². The van der Waals surface area contributed by atoms with Crippen molar-refractivity contribution in [1.82, 2.24) is 0 Å². The van der Waals surface area contributed by atoms with Crippen LogP contribution in [0.3, 0.4) is 0 Å². The summed E-state index contributed by atoms with van der Waals surface area (Å²) in [6.07, 6.45) is 1.01. The maximum Gasteiger partial charge on any atom is 0.142 e. The first-order valence-corrected chi connectivity index (χ1v) is 7.55. The Bertz CT molecular complexity index is 799. The molecule has 3 rings (SSSR count). The Hall–Kier alpha value is -2.94. The molecular weight excluding hydrogens is 286 g/mol. The highest BCUT2D eigenvalue weighted by atomic mass is 16.3. The molecule has 116 valence electrons. The van der Waals surface area contributed by atoms with Crippen LogP contribution in [0.5, 0.6) is 11.5 Å². The molecule has 0 aliphatic heterocycles. The van der Waals surface area contributed by atoms with Gasteiger partial charge in [-0.15, -0.1) is 0 Å². The summed E-state index contributed by atoms with van der Waals surface area (Å²) in [5.41, 5.74) is 9.60. The highest BCUT2D eigenvalue weighted by Gasteiger charge is 2.16. The molecule has 4 N–H and O–H groups in total. The molecule has 0 aliphatic carbocycles. The average Bonchev–Trinajstić information content (AvgIpc) is 2.58. The van der Waals surface area contributed by atoms with Gasteiger partial charge in [-0.1, -0.05) is 60.7 Å². The molecule has 0 unspecified atom stereocenters. The second-order valence-electron chi connectivity index (χ2n) is 5.62. The van der Waals surface area contributed by atoms with Crippen LogP contribution in [0, 0.1) is 0 Å². The molecule has 0 amide bonds. The van der Waals surface area contributed by atoms with Crippen molar-refractivity contribution in [2.75, 3.05) is 5.73 Å². The Morgan fingerprint density at radius 1 is 0.739 bits per heavy atom. The Kier molecular flexibility index (Phi) is 4.20. The van der Waals surface area contributed by atoms with Crippen LogP contribution in [0.1, 0.15) is 22.3 Å². The number of anilines is 1. The third kappa shape index (κ3) is 3.29. The van der Waals surface area contributed by atoms with Gasteiger partial charge in [0.15, 0.2) is 0 Å². The number of hydrogen-bond acceptors (Lipinski definition) is 3. The van der Waals surface area contributed by atoms with Crippen LogP contribution in [0.4, 0.5) is 5.69 Å². The first kappa shape index (κ1) is 15.0. The second kappa shape index (κ2) is 6.44. The summed E-state index contributed by atoms with van der Waals surface area (Å²) in [5, 5.41) is 20.8. The highest BCUT2D eigenvalue weighted by Crippen LogP contribution is 2.37. The largest absolute Gasteiger partial charge is 0.508 e. The monoisotopic (exact) mass is 305 g/mol. The zero-order chi connectivity index (χ0) is 16.2. The predicted octanol–water partition coefficient (Wildman–Crippen LogP) is 3.86. The standard InChI is InChI=1S/C20H19NO2/c21-19-17(12-15-9-5-2-6-10-15)18(22)13-16(20(19)23)11-14-7-3-1-4-8-14/h1-10,13,22-23H,11-12,21H2. The lowest BCUT2D eigenvalue weighted by Gasteiger charge is -2.14. The van der Waals surface area contributed by atoms with Crippen molar-refractivity contribution in [2.24, 2.45) is 0 Å². The molecule has 0 saturated heterocycles. The number of hydrogen-bond donors (Lipinski definition) is 3. The molecular formula is C20H19NO2. The van der Waals surface area contributed by atoms with E-state index < -0.39 is 0 Å². The van der Waals surface area contributed by atoms with Crippen LogP contribution in [-0.4, -0.2) is 10.2 Å². The van der Waals surface area contributed by atoms with Crippen LogP contribution >= 0.6 is 0 Å². The van der Waals surface area contributed by atoms with E-state index in [-0.39, 0.29) is 17.2 Å². The molecule has 23 heavy (non-hydrogen) atoms. The summed E-state index contributed by atoms with van der Waals surface area (Å²) < 4.78 is 0. The number of aromatic hydroxyl groups is 2. The molecule has 0 heterocycles. The molecule has 0 radical (unpaired) electrons. The molecule has 0 fully saturated rings. The number of nitrogen functional groups attached to an aromatic ring is 1. The summed E-state index contributed by atoms with van der Waals surface area (Å²) in [7, 11) is 0. The summed E-state index contributed by atoms with van der Waals surface area (Å²) >= 11 is 0. The van der Waals surface area contributed by atoms with Gasteiger partial charge in [0.2, 0.25) is 0 Å². The topological polar surface area (TPSA) is 66.5 Å². The Balaban J connectivity index is 1.93. The van der Waals surface area contributed by atoms with Crippen LogP contribution in [0.15, 0.2) is 66.7 Å². The molecule has 0 aliphatic rings. The minimum atomic E-state index is 0.0533. The highest BCUT2D eigenvalue weighted by molar-refractivity contribution is 5.67. The van der Waals surface area contributed by atoms with Crippen molar-refractivity contribution in [3.63, 3.8) is 0 Å². The molecule has 0 aromatic heterocycles. The maximum absolute atomic E-state index is 10.4. The smallest absolute Gasteiger partial charge is 0.142 e. The van der Waals surface area contributed by atoms with Crippen molar-refractivity contribution >= 4 is 5.69 Å². The van der Waals surface area contributed by atoms with Crippen molar-refractivity contribution < 1.29 is 10.2 Å². The molecule has 0 saturated carbocycles. The molecule has 3 aromatic rings. The number of phenols is 2. The van der Waals surface area contributed by atoms with E-state index in [1.54, 1.807) is 6.07 Å². The van der Waals surface area contributed by atoms with Crippen molar-refractivity contribution in [3.8, 4) is 11.5 Å². The van der Waals surface area contributed by atoms with Gasteiger partial charge in [-0.2, -0.15) is 0 Å². The lowest BCUT2D eigenvalue weighted by molar-refractivity contribution is 0.453. The van der Waals surface area contributed by atoms with Gasteiger partial charge in [-0.3, -0.25) is 0 Å². The number of phenolic OH excluding ortho intramolecular Hbond substituents is 2. The van der Waals surface area contributed by atoms with Gasteiger partial charge in [0.25, 0.3) is 0 Å². The molecule has 0 atom stereocenters. The lowest BCUT2D eigenvalue weighted by atomic mass is 9.96. The number of nitrogens with two attached hydrogens (primary N) is 1. The summed E-state index contributed by atoms with van der Waals surface area (Å²) in [4.78, 5) is 0. The lowest BCUT2D eigenvalue weighted by Crippen LogP contribution is -2.00. The third-order valence-corrected chi connectivity index (χ3v) is 3.97. The number of benzene rings is 3. The zero-order valence-electron chi connectivity index (χ0n) is 12.7. The zero-order valence-corrected chi connectivity index (χ0v) is 12.7. The van der Waals surface area contributed by atoms with Crippen molar-refractivity contribution in [3.05, 3.63) is 89.0 Å². The second-order valence-corrected chi connectivity index (χ2v) is 5.62. The van der Waals surface area contributed by atoms with E-state index in [2.05, 4.69) is 0 Å². The fraction of sp³-hybridized carbons (Fsp3) is 0.100. The van der Waals surface area contributed by atoms with E-state index in [9.17, 15) is 10.2 Å². The summed E-state index contributed by atoms with van der Waals surface area (Å²) in [6.45, 7) is 0. The Morgan fingerprint density at radius 3 is 1.83 bits per heavy atom. The maximum atomic E-state index is 10.4. The predicted molar refractivity (Wildman–Crippen MR) is 92.7 cm³/mol. The summed E-state index contributed by atoms with van der Waals surface area (Å²) in [6, 6.07) is 21.1. The van der Waals surface area contributed by atoms with Crippen molar-refractivity contribution in [2.45, 2.75) is 12.8 Å². The van der Waals surface area contributed by atoms with Gasteiger partial charge in [0.1, 0.15) is 11.5 Å². The number of rotatable bonds is 4. The Morgan fingerprint density at radius 2 is 1.26 bits per heavy atom. The first-order valence-electron chi connectivity index (χ1n) is 7.55. The van der Waals surface area contributed by atoms with Crippen LogP contribution < -0.4 is 5.73 Å². The molecule has 0 spiro atoms. The van der Waals surface area contributed by atoms with E-state index in [1.165, 1.54) is 0 Å². The van der Waals surface area contributed by atoms with Gasteiger partial charge in [-0.05, 0) is 17.2 Å². The minimum absolute atomic E-state index is 0.0533. The van der Waals surface area contributed by atoms with E-state index in [0.717, 1.165) is 11.1 Å². The fourth-order valence-electron chi connectivity index (χ4n) is 2.71. The van der Waals surface area contributed by atoms with Crippen LogP contribution in [0.25, 0.3) is 0 Å². The Labute approximate surface area is 135 Å².